The maximum Gasteiger partial charge on any atom is 0.286 e. The number of carbonyl (C=O) groups is 1. The summed E-state index contributed by atoms with van der Waals surface area (Å²) in [4.78, 5) is 16.0. The number of para-hydroxylation sites is 1. The molecule has 2 aromatic carbocycles. The van der Waals surface area contributed by atoms with Crippen LogP contribution in [0.2, 0.25) is 0 Å². The highest BCUT2D eigenvalue weighted by molar-refractivity contribution is 8.18. The first kappa shape index (κ1) is 22.7. The van der Waals surface area contributed by atoms with E-state index in [1.165, 1.54) is 0 Å². The summed E-state index contributed by atoms with van der Waals surface area (Å²) in [5.41, 5.74) is 7.50. The van der Waals surface area contributed by atoms with Gasteiger partial charge in [-0.05, 0) is 61.0 Å². The molecule has 0 radical (unpaired) electrons. The monoisotopic (exact) mass is 442 g/mol. The van der Waals surface area contributed by atoms with Gasteiger partial charge >= 0.3 is 0 Å². The number of carbonyl (C=O) groups excluding carboxylic acids is 1. The minimum absolute atomic E-state index is 0.255. The molecular weight excluding hydrogens is 416 g/mol. The third-order valence-electron chi connectivity index (χ3n) is 4.27. The lowest BCUT2D eigenvalue weighted by Crippen LogP contribution is -2.12. The molecule has 8 heteroatoms. The Bertz CT molecular complexity index is 974. The Labute approximate surface area is 186 Å². The minimum atomic E-state index is -0.329. The van der Waals surface area contributed by atoms with Crippen LogP contribution in [0.1, 0.15) is 18.1 Å². The second kappa shape index (κ2) is 11.4. The van der Waals surface area contributed by atoms with E-state index >= 15 is 0 Å². The van der Waals surface area contributed by atoms with Crippen LogP contribution in [0.4, 0.5) is 0 Å². The van der Waals surface area contributed by atoms with Gasteiger partial charge in [0.05, 0.1) is 24.7 Å². The Balaban J connectivity index is 1.46. The van der Waals surface area contributed by atoms with E-state index < -0.39 is 0 Å². The molecule has 3 rings (SSSR count). The molecule has 1 heterocycles. The van der Waals surface area contributed by atoms with Gasteiger partial charge in [-0.25, -0.2) is 0 Å². The molecule has 1 aliphatic rings. The first-order valence-electron chi connectivity index (χ1n) is 10.0. The second-order valence-corrected chi connectivity index (χ2v) is 7.64. The highest BCUT2D eigenvalue weighted by Crippen LogP contribution is 2.32. The van der Waals surface area contributed by atoms with E-state index in [0.717, 1.165) is 28.6 Å². The number of amidine groups is 1. The fourth-order valence-corrected chi connectivity index (χ4v) is 3.50. The molecular formula is C23H26N2O5S. The van der Waals surface area contributed by atoms with Crippen LogP contribution in [0.5, 0.6) is 17.2 Å². The number of aryl methyl sites for hydroxylation is 1. The van der Waals surface area contributed by atoms with Crippen molar-refractivity contribution >= 4 is 28.9 Å². The highest BCUT2D eigenvalue weighted by Gasteiger charge is 2.19. The number of thioether (sulfide) groups is 1. The van der Waals surface area contributed by atoms with Gasteiger partial charge < -0.3 is 24.7 Å². The number of aliphatic imine (C=N–C) groups is 1. The van der Waals surface area contributed by atoms with Crippen molar-refractivity contribution in [3.8, 4) is 17.2 Å². The van der Waals surface area contributed by atoms with Gasteiger partial charge in [-0.15, -0.1) is 0 Å². The summed E-state index contributed by atoms with van der Waals surface area (Å²) < 4.78 is 22.8. The fraction of sp³-hybridized carbons (Fsp3) is 0.304. The van der Waals surface area contributed by atoms with Gasteiger partial charge in [-0.3, -0.25) is 4.79 Å². The number of nitrogens with two attached hydrogens (primary N) is 1. The quantitative estimate of drug-likeness (QED) is 0.418. The Morgan fingerprint density at radius 3 is 2.39 bits per heavy atom. The van der Waals surface area contributed by atoms with Crippen LogP contribution in [0.3, 0.4) is 0 Å². The summed E-state index contributed by atoms with van der Waals surface area (Å²) in [5.74, 6) is 1.75. The largest absolute Gasteiger partial charge is 0.491 e. The molecule has 0 aliphatic carbocycles. The van der Waals surface area contributed by atoms with Crippen LogP contribution < -0.4 is 19.9 Å². The first-order valence-corrected chi connectivity index (χ1v) is 10.8. The molecule has 0 aromatic heterocycles. The third kappa shape index (κ3) is 6.77. The van der Waals surface area contributed by atoms with Crippen LogP contribution in [-0.2, 0) is 9.53 Å². The molecule has 31 heavy (non-hydrogen) atoms. The van der Waals surface area contributed by atoms with Crippen molar-refractivity contribution < 1.29 is 23.7 Å². The minimum Gasteiger partial charge on any atom is -0.491 e. The van der Waals surface area contributed by atoms with Gasteiger partial charge in [-0.1, -0.05) is 24.3 Å². The molecule has 2 aromatic rings. The van der Waals surface area contributed by atoms with Crippen molar-refractivity contribution in [2.45, 2.75) is 13.8 Å². The van der Waals surface area contributed by atoms with Crippen molar-refractivity contribution in [1.82, 2.24) is 0 Å². The maximum absolute atomic E-state index is 11.8. The number of rotatable bonds is 11. The molecule has 7 nitrogen and oxygen atoms in total. The van der Waals surface area contributed by atoms with Crippen LogP contribution >= 0.6 is 11.8 Å². The molecule has 0 unspecified atom stereocenters. The van der Waals surface area contributed by atoms with Gasteiger partial charge in [0, 0.05) is 0 Å². The normalized spacial score (nSPS) is 14.6. The van der Waals surface area contributed by atoms with E-state index in [0.29, 0.717) is 49.4 Å². The summed E-state index contributed by atoms with van der Waals surface area (Å²) in [6.45, 7) is 6.16. The standard InChI is InChI=1S/C23H26N2O5S/c1-3-28-20-14-17(15-21-22(26)25-23(24)31-21)8-9-19(20)30-13-11-27-10-12-29-18-7-5-4-6-16(18)2/h4-9,14-15H,3,10-13H2,1-2H3,(H2,24,25,26). The smallest absolute Gasteiger partial charge is 0.286 e. The number of nitrogens with zero attached hydrogens (tertiary/aromatic N) is 1. The molecule has 0 fully saturated rings. The Hall–Kier alpha value is -2.97. The molecule has 0 spiro atoms. The van der Waals surface area contributed by atoms with Crippen molar-refractivity contribution in [3.05, 3.63) is 58.5 Å². The zero-order valence-corrected chi connectivity index (χ0v) is 18.4. The first-order chi connectivity index (χ1) is 15.1. The van der Waals surface area contributed by atoms with E-state index in [1.54, 1.807) is 6.08 Å². The van der Waals surface area contributed by atoms with Crippen LogP contribution in [0, 0.1) is 6.92 Å². The van der Waals surface area contributed by atoms with E-state index in [1.807, 2.05) is 56.3 Å². The number of amides is 1. The summed E-state index contributed by atoms with van der Waals surface area (Å²) in [5, 5.41) is 0.255. The van der Waals surface area contributed by atoms with E-state index in [9.17, 15) is 4.79 Å². The van der Waals surface area contributed by atoms with E-state index in [2.05, 4.69) is 4.99 Å². The zero-order valence-electron chi connectivity index (χ0n) is 17.6. The molecule has 0 atom stereocenters. The van der Waals surface area contributed by atoms with Gasteiger partial charge in [-0.2, -0.15) is 4.99 Å². The average Bonchev–Trinajstić information content (AvgIpc) is 3.06. The Morgan fingerprint density at radius 2 is 1.71 bits per heavy atom. The fourth-order valence-electron chi connectivity index (χ4n) is 2.82. The predicted octanol–water partition coefficient (Wildman–Crippen LogP) is 3.80. The molecule has 1 amide bonds. The molecule has 0 bridgehead atoms. The van der Waals surface area contributed by atoms with Crippen LogP contribution in [-0.4, -0.2) is 44.1 Å². The third-order valence-corrected chi connectivity index (χ3v) is 5.08. The van der Waals surface area contributed by atoms with Gasteiger partial charge in [0.15, 0.2) is 16.7 Å². The lowest BCUT2D eigenvalue weighted by Gasteiger charge is -2.13. The Kier molecular flexibility index (Phi) is 8.37. The van der Waals surface area contributed by atoms with Crippen molar-refractivity contribution in [2.75, 3.05) is 33.0 Å². The summed E-state index contributed by atoms with van der Waals surface area (Å²) in [7, 11) is 0. The van der Waals surface area contributed by atoms with Gasteiger partial charge in [0.2, 0.25) is 0 Å². The summed E-state index contributed by atoms with van der Waals surface area (Å²) in [6, 6.07) is 13.4. The average molecular weight is 443 g/mol. The molecule has 2 N–H and O–H groups in total. The lowest BCUT2D eigenvalue weighted by atomic mass is 10.2. The second-order valence-electron chi connectivity index (χ2n) is 6.58. The van der Waals surface area contributed by atoms with Gasteiger partial charge in [0.25, 0.3) is 5.91 Å². The van der Waals surface area contributed by atoms with Crippen molar-refractivity contribution in [3.63, 3.8) is 0 Å². The van der Waals surface area contributed by atoms with Crippen molar-refractivity contribution in [2.24, 2.45) is 10.7 Å². The van der Waals surface area contributed by atoms with E-state index in [-0.39, 0.29) is 11.1 Å². The number of hydrogen-bond donors (Lipinski definition) is 1. The molecule has 0 saturated carbocycles. The van der Waals surface area contributed by atoms with E-state index in [4.69, 9.17) is 24.7 Å². The topological polar surface area (TPSA) is 92.4 Å². The number of ether oxygens (including phenoxy) is 4. The summed E-state index contributed by atoms with van der Waals surface area (Å²) >= 11 is 1.15. The van der Waals surface area contributed by atoms with Gasteiger partial charge in [0.1, 0.15) is 19.0 Å². The summed E-state index contributed by atoms with van der Waals surface area (Å²) in [6.07, 6.45) is 1.74. The zero-order chi connectivity index (χ0) is 22.1. The SMILES string of the molecule is CCOc1cc(C=C2SC(N)=NC2=O)ccc1OCCOCCOc1ccccc1C. The van der Waals surface area contributed by atoms with Crippen LogP contribution in [0.25, 0.3) is 6.08 Å². The number of benzene rings is 2. The number of hydrogen-bond acceptors (Lipinski definition) is 7. The Morgan fingerprint density at radius 1 is 0.968 bits per heavy atom. The molecule has 164 valence electrons. The predicted molar refractivity (Wildman–Crippen MR) is 123 cm³/mol. The lowest BCUT2D eigenvalue weighted by molar-refractivity contribution is -0.113. The van der Waals surface area contributed by atoms with Crippen molar-refractivity contribution in [1.29, 1.82) is 0 Å². The molecule has 0 saturated heterocycles. The van der Waals surface area contributed by atoms with Crippen LogP contribution in [0.15, 0.2) is 52.4 Å². The molecule has 1 aliphatic heterocycles. The maximum atomic E-state index is 11.8. The highest BCUT2D eigenvalue weighted by atomic mass is 32.2.